The zero-order chi connectivity index (χ0) is 14.3. The third-order valence-electron chi connectivity index (χ3n) is 2.46. The number of nitrogens with one attached hydrogen (secondary N) is 2. The Labute approximate surface area is 119 Å². The molecule has 19 heavy (non-hydrogen) atoms. The Kier molecular flexibility index (Phi) is 6.59. The molecule has 0 bridgehead atoms. The summed E-state index contributed by atoms with van der Waals surface area (Å²) >= 11 is 6.01. The Balaban J connectivity index is 2.66. The molecular formula is C13H21ClN4O. The summed E-state index contributed by atoms with van der Waals surface area (Å²) in [5.41, 5.74) is 0.265. The smallest absolute Gasteiger partial charge is 0.271 e. The van der Waals surface area contributed by atoms with Gasteiger partial charge >= 0.3 is 0 Å². The average Bonchev–Trinajstić information content (AvgIpc) is 2.37. The fraction of sp³-hybridized carbons (Fsp3) is 0.538. The molecule has 6 heteroatoms. The molecule has 0 aliphatic carbocycles. The number of aromatic nitrogens is 1. The molecule has 1 aromatic heterocycles. The number of pyridine rings is 1. The summed E-state index contributed by atoms with van der Waals surface area (Å²) < 4.78 is 0. The molecular weight excluding hydrogens is 264 g/mol. The maximum Gasteiger partial charge on any atom is 0.271 e. The topological polar surface area (TPSA) is 57.3 Å². The third-order valence-corrected chi connectivity index (χ3v) is 2.77. The average molecular weight is 285 g/mol. The highest BCUT2D eigenvalue weighted by Gasteiger charge is 2.12. The lowest BCUT2D eigenvalue weighted by Crippen LogP contribution is -2.32. The third kappa shape index (κ3) is 5.44. The zero-order valence-corrected chi connectivity index (χ0v) is 12.4. The molecule has 2 N–H and O–H groups in total. The number of hydrogen-bond donors (Lipinski definition) is 2. The first kappa shape index (κ1) is 15.7. The summed E-state index contributed by atoms with van der Waals surface area (Å²) in [6.45, 7) is 4.22. The fourth-order valence-corrected chi connectivity index (χ4v) is 1.62. The molecule has 0 saturated carbocycles. The molecule has 1 aromatic rings. The van der Waals surface area contributed by atoms with E-state index in [4.69, 9.17) is 11.6 Å². The number of likely N-dealkylation sites (N-methyl/N-ethyl adjacent to an activating group) is 1. The van der Waals surface area contributed by atoms with Crippen LogP contribution in [0, 0.1) is 0 Å². The SMILES string of the molecule is CCCNc1ccc(Cl)c(C(=O)NCCN(C)C)n1. The van der Waals surface area contributed by atoms with Gasteiger partial charge in [0.15, 0.2) is 0 Å². The van der Waals surface area contributed by atoms with Crippen LogP contribution in [-0.4, -0.2) is 49.5 Å². The zero-order valence-electron chi connectivity index (χ0n) is 11.7. The molecule has 1 heterocycles. The summed E-state index contributed by atoms with van der Waals surface area (Å²) in [5, 5.41) is 6.30. The van der Waals surface area contributed by atoms with Crippen molar-refractivity contribution in [1.29, 1.82) is 0 Å². The summed E-state index contributed by atoms with van der Waals surface area (Å²) in [6, 6.07) is 3.46. The molecule has 0 spiro atoms. The van der Waals surface area contributed by atoms with E-state index in [1.165, 1.54) is 0 Å². The van der Waals surface area contributed by atoms with Gasteiger partial charge in [-0.25, -0.2) is 4.98 Å². The number of halogens is 1. The minimum atomic E-state index is -0.244. The van der Waals surface area contributed by atoms with Crippen molar-refractivity contribution < 1.29 is 4.79 Å². The van der Waals surface area contributed by atoms with Gasteiger partial charge < -0.3 is 15.5 Å². The first-order valence-corrected chi connectivity index (χ1v) is 6.75. The van der Waals surface area contributed by atoms with E-state index >= 15 is 0 Å². The van der Waals surface area contributed by atoms with Gasteiger partial charge in [-0.15, -0.1) is 0 Å². The fourth-order valence-electron chi connectivity index (χ4n) is 1.43. The standard InChI is InChI=1S/C13H21ClN4O/c1-4-7-15-11-6-5-10(14)12(17-11)13(19)16-8-9-18(2)3/h5-6H,4,7-9H2,1-3H3,(H,15,17)(H,16,19). The van der Waals surface area contributed by atoms with Crippen LogP contribution in [-0.2, 0) is 0 Å². The minimum Gasteiger partial charge on any atom is -0.370 e. The summed E-state index contributed by atoms with van der Waals surface area (Å²) in [4.78, 5) is 18.2. The van der Waals surface area contributed by atoms with Crippen molar-refractivity contribution in [2.75, 3.05) is 39.0 Å². The molecule has 106 valence electrons. The van der Waals surface area contributed by atoms with Crippen molar-refractivity contribution >= 4 is 23.3 Å². The lowest BCUT2D eigenvalue weighted by molar-refractivity contribution is 0.0946. The van der Waals surface area contributed by atoms with Crippen LogP contribution in [0.2, 0.25) is 5.02 Å². The second kappa shape index (κ2) is 7.96. The Morgan fingerprint density at radius 3 is 2.74 bits per heavy atom. The van der Waals surface area contributed by atoms with Crippen LogP contribution < -0.4 is 10.6 Å². The molecule has 0 saturated heterocycles. The molecule has 0 aliphatic rings. The molecule has 0 unspecified atom stereocenters. The van der Waals surface area contributed by atoms with E-state index in [1.54, 1.807) is 12.1 Å². The van der Waals surface area contributed by atoms with Gasteiger partial charge in [0.05, 0.1) is 5.02 Å². The maximum atomic E-state index is 12.0. The van der Waals surface area contributed by atoms with Crippen LogP contribution in [0.5, 0.6) is 0 Å². The van der Waals surface area contributed by atoms with Crippen LogP contribution in [0.4, 0.5) is 5.82 Å². The number of carbonyl (C=O) groups is 1. The minimum absolute atomic E-state index is 0.244. The van der Waals surface area contributed by atoms with E-state index in [0.29, 0.717) is 17.4 Å². The van der Waals surface area contributed by atoms with Gasteiger partial charge in [0.25, 0.3) is 5.91 Å². The lowest BCUT2D eigenvalue weighted by atomic mass is 10.3. The number of hydrogen-bond acceptors (Lipinski definition) is 4. The highest BCUT2D eigenvalue weighted by Crippen LogP contribution is 2.16. The van der Waals surface area contributed by atoms with E-state index in [1.807, 2.05) is 19.0 Å². The van der Waals surface area contributed by atoms with Crippen LogP contribution in [0.3, 0.4) is 0 Å². The van der Waals surface area contributed by atoms with Gasteiger partial charge in [-0.05, 0) is 32.6 Å². The number of anilines is 1. The number of amides is 1. The van der Waals surface area contributed by atoms with E-state index < -0.39 is 0 Å². The van der Waals surface area contributed by atoms with Gasteiger partial charge in [0.1, 0.15) is 11.5 Å². The monoisotopic (exact) mass is 284 g/mol. The molecule has 1 amide bonds. The van der Waals surface area contributed by atoms with Crippen molar-refractivity contribution in [3.8, 4) is 0 Å². The molecule has 0 aromatic carbocycles. The van der Waals surface area contributed by atoms with Crippen molar-refractivity contribution in [2.45, 2.75) is 13.3 Å². The molecule has 0 aliphatic heterocycles. The maximum absolute atomic E-state index is 12.0. The summed E-state index contributed by atoms with van der Waals surface area (Å²) in [7, 11) is 3.90. The molecule has 5 nitrogen and oxygen atoms in total. The van der Waals surface area contributed by atoms with Gasteiger partial charge in [-0.3, -0.25) is 4.79 Å². The van der Waals surface area contributed by atoms with Gasteiger partial charge in [-0.1, -0.05) is 18.5 Å². The van der Waals surface area contributed by atoms with Crippen LogP contribution in [0.25, 0.3) is 0 Å². The van der Waals surface area contributed by atoms with Crippen LogP contribution in [0.1, 0.15) is 23.8 Å². The number of rotatable bonds is 7. The first-order chi connectivity index (χ1) is 9.04. The van der Waals surface area contributed by atoms with Gasteiger partial charge in [0, 0.05) is 19.6 Å². The normalized spacial score (nSPS) is 10.6. The highest BCUT2D eigenvalue weighted by atomic mass is 35.5. The van der Waals surface area contributed by atoms with Crippen molar-refractivity contribution in [1.82, 2.24) is 15.2 Å². The van der Waals surface area contributed by atoms with Crippen LogP contribution in [0.15, 0.2) is 12.1 Å². The second-order valence-electron chi connectivity index (χ2n) is 4.51. The summed E-state index contributed by atoms with van der Waals surface area (Å²) in [6.07, 6.45) is 0.995. The Morgan fingerprint density at radius 1 is 1.37 bits per heavy atom. The van der Waals surface area contributed by atoms with Crippen LogP contribution >= 0.6 is 11.6 Å². The quantitative estimate of drug-likeness (QED) is 0.802. The molecule has 0 radical (unpaired) electrons. The van der Waals surface area contributed by atoms with Crippen molar-refractivity contribution in [2.24, 2.45) is 0 Å². The Morgan fingerprint density at radius 2 is 2.11 bits per heavy atom. The van der Waals surface area contributed by atoms with E-state index in [9.17, 15) is 4.79 Å². The first-order valence-electron chi connectivity index (χ1n) is 6.38. The molecule has 0 atom stereocenters. The van der Waals surface area contributed by atoms with E-state index in [2.05, 4.69) is 22.5 Å². The van der Waals surface area contributed by atoms with E-state index in [-0.39, 0.29) is 11.6 Å². The number of carbonyl (C=O) groups excluding carboxylic acids is 1. The Bertz CT molecular complexity index is 423. The lowest BCUT2D eigenvalue weighted by Gasteiger charge is -2.11. The summed E-state index contributed by atoms with van der Waals surface area (Å²) in [5.74, 6) is 0.427. The van der Waals surface area contributed by atoms with Crippen molar-refractivity contribution in [3.05, 3.63) is 22.8 Å². The van der Waals surface area contributed by atoms with E-state index in [0.717, 1.165) is 19.5 Å². The number of nitrogens with zero attached hydrogens (tertiary/aromatic N) is 2. The molecule has 1 rings (SSSR count). The highest BCUT2D eigenvalue weighted by molar-refractivity contribution is 6.33. The van der Waals surface area contributed by atoms with Gasteiger partial charge in [-0.2, -0.15) is 0 Å². The largest absolute Gasteiger partial charge is 0.370 e. The molecule has 0 fully saturated rings. The predicted molar refractivity (Wildman–Crippen MR) is 78.9 cm³/mol. The Hall–Kier alpha value is -1.33. The second-order valence-corrected chi connectivity index (χ2v) is 4.92. The van der Waals surface area contributed by atoms with Gasteiger partial charge in [0.2, 0.25) is 0 Å². The van der Waals surface area contributed by atoms with Crippen molar-refractivity contribution in [3.63, 3.8) is 0 Å². The predicted octanol–water partition coefficient (Wildman–Crippen LogP) is 1.85.